The van der Waals surface area contributed by atoms with Crippen molar-refractivity contribution >= 4 is 29.4 Å². The second-order valence-corrected chi connectivity index (χ2v) is 4.62. The van der Waals surface area contributed by atoms with E-state index in [1.54, 1.807) is 12.0 Å². The Balaban J connectivity index is 4.68. The van der Waals surface area contributed by atoms with Gasteiger partial charge >= 0.3 is 0 Å². The Bertz CT molecular complexity index is 352. The first-order valence-corrected chi connectivity index (χ1v) is 6.72. The predicted molar refractivity (Wildman–Crippen MR) is 71.9 cm³/mol. The van der Waals surface area contributed by atoms with Crippen LogP contribution in [0.4, 0.5) is 0 Å². The van der Waals surface area contributed by atoms with Crippen molar-refractivity contribution in [1.82, 2.24) is 10.6 Å². The molecule has 0 spiro atoms. The largest absolute Gasteiger partial charge is 0.380 e. The van der Waals surface area contributed by atoms with Crippen LogP contribution in [-0.2, 0) is 14.4 Å². The number of ketones is 1. The number of nitrogens with one attached hydrogen (secondary N) is 2. The summed E-state index contributed by atoms with van der Waals surface area (Å²) in [6.07, 6.45) is 3.11. The average Bonchev–Trinajstić information content (AvgIpc) is 2.36. The molecule has 0 aliphatic heterocycles. The molecule has 0 fully saturated rings. The van der Waals surface area contributed by atoms with Gasteiger partial charge in [0.05, 0.1) is 0 Å². The van der Waals surface area contributed by atoms with Gasteiger partial charge in [-0.05, 0) is 19.4 Å². The van der Waals surface area contributed by atoms with Gasteiger partial charge in [-0.2, -0.15) is 11.8 Å². The minimum atomic E-state index is -0.805. The van der Waals surface area contributed by atoms with Gasteiger partial charge in [-0.3, -0.25) is 14.4 Å². The molecule has 0 heterocycles. The Morgan fingerprint density at radius 3 is 2.61 bits per heavy atom. The third kappa shape index (κ3) is 6.29. The van der Waals surface area contributed by atoms with Crippen LogP contribution in [0.2, 0.25) is 1.41 Å². The minimum Gasteiger partial charge on any atom is -0.380 e. The van der Waals surface area contributed by atoms with Gasteiger partial charge in [0.25, 0.3) is 0 Å². The summed E-state index contributed by atoms with van der Waals surface area (Å²) < 4.78 is 6.82. The van der Waals surface area contributed by atoms with Crippen LogP contribution in [0.3, 0.4) is 0 Å². The summed E-state index contributed by atoms with van der Waals surface area (Å²) in [7, 11) is 0. The maximum absolute atomic E-state index is 12.0. The van der Waals surface area contributed by atoms with E-state index in [0.717, 1.165) is 0 Å². The molecule has 0 rings (SSSR count). The highest BCUT2D eigenvalue weighted by Gasteiger charge is 2.24. The van der Waals surface area contributed by atoms with E-state index in [1.807, 2.05) is 0 Å². The molecule has 18 heavy (non-hydrogen) atoms. The molecule has 6 nitrogen and oxygen atoms in total. The Hall–Kier alpha value is -1.50. The maximum Gasteiger partial charge on any atom is 0.243 e. The average molecular weight is 275 g/mol. The highest BCUT2D eigenvalue weighted by atomic mass is 32.2. The number of hydrogen-bond acceptors (Lipinski definition) is 5. The molecule has 0 bridgehead atoms. The third-order valence-electron chi connectivity index (χ3n) is 2.09. The second kappa shape index (κ2) is 8.57. The maximum atomic E-state index is 12.0. The number of Topliss-reactive ketones (excluding diaryl/α,β-unsaturated/α-hetero) is 1. The zero-order valence-corrected chi connectivity index (χ0v) is 11.3. The van der Waals surface area contributed by atoms with Crippen molar-refractivity contribution in [2.45, 2.75) is 25.4 Å². The van der Waals surface area contributed by atoms with Crippen LogP contribution >= 0.6 is 11.8 Å². The number of carbonyl (C=O) groups is 3. The van der Waals surface area contributed by atoms with Crippen LogP contribution in [0.1, 0.15) is 13.3 Å². The third-order valence-corrected chi connectivity index (χ3v) is 2.76. The Kier molecular flexibility index (Phi) is 6.93. The number of amides is 2. The molecule has 4 N–H and O–H groups in total. The SMILES string of the molecule is [3H]NC(=O)[C@H](CSC)NC(=O)[C@H](CC(C)=O)NC=C. The molecule has 2 atom stereocenters. The normalized spacial score (nSPS) is 13.8. The van der Waals surface area contributed by atoms with Gasteiger partial charge in [0.1, 0.15) is 17.9 Å². The van der Waals surface area contributed by atoms with Crippen LogP contribution in [-0.4, -0.2) is 41.7 Å². The fourth-order valence-electron chi connectivity index (χ4n) is 1.28. The van der Waals surface area contributed by atoms with Crippen LogP contribution in [0, 0.1) is 0 Å². The quantitative estimate of drug-likeness (QED) is 0.521. The van der Waals surface area contributed by atoms with Gasteiger partial charge in [0.2, 0.25) is 11.8 Å². The summed E-state index contributed by atoms with van der Waals surface area (Å²) in [5.41, 5.74) is 1.74. The van der Waals surface area contributed by atoms with Gasteiger partial charge in [-0.1, -0.05) is 6.58 Å². The van der Waals surface area contributed by atoms with Crippen molar-refractivity contribution in [3.8, 4) is 0 Å². The topological polar surface area (TPSA) is 101 Å². The molecular weight excluding hydrogens is 254 g/mol. The van der Waals surface area contributed by atoms with E-state index in [4.69, 9.17) is 1.41 Å². The van der Waals surface area contributed by atoms with Crippen molar-refractivity contribution in [1.29, 1.82) is 0 Å². The highest BCUT2D eigenvalue weighted by Crippen LogP contribution is 2.00. The predicted octanol–water partition coefficient (Wildman–Crippen LogP) is -0.600. The summed E-state index contributed by atoms with van der Waals surface area (Å²) in [5, 5.41) is 5.17. The number of primary amides is 1. The zero-order chi connectivity index (χ0) is 14.8. The van der Waals surface area contributed by atoms with E-state index >= 15 is 0 Å². The number of thioether (sulfide) groups is 1. The Morgan fingerprint density at radius 2 is 2.17 bits per heavy atom. The molecule has 0 saturated heterocycles. The lowest BCUT2D eigenvalue weighted by Crippen LogP contribution is -2.52. The van der Waals surface area contributed by atoms with Gasteiger partial charge in [0, 0.05) is 12.2 Å². The zero-order valence-electron chi connectivity index (χ0n) is 11.5. The molecule has 0 aliphatic rings. The molecule has 7 heteroatoms. The van der Waals surface area contributed by atoms with E-state index in [9.17, 15) is 14.4 Å². The standard InChI is InChI=1S/C11H19N3O3S/c1-4-13-8(5-7(2)15)11(17)14-9(6-18-3)10(12)16/h4,8-9,13H,1,5-6H2,2-3H3,(H2,12,16)(H,14,17)/t8-,9-/m0/s1/i/hT. The summed E-state index contributed by atoms with van der Waals surface area (Å²) in [6.45, 7) is 4.82. The molecule has 0 aromatic carbocycles. The van der Waals surface area contributed by atoms with Gasteiger partial charge in [-0.15, -0.1) is 0 Å². The van der Waals surface area contributed by atoms with Crippen molar-refractivity contribution in [2.24, 2.45) is 5.73 Å². The molecular formula is C11H19N3O3S. The highest BCUT2D eigenvalue weighted by molar-refractivity contribution is 7.98. The lowest BCUT2D eigenvalue weighted by molar-refractivity contribution is -0.129. The number of carbonyl (C=O) groups excluding carboxylic acids is 3. The van der Waals surface area contributed by atoms with Crippen molar-refractivity contribution in [2.75, 3.05) is 12.0 Å². The summed E-state index contributed by atoms with van der Waals surface area (Å²) >= 11 is 1.37. The molecule has 0 aromatic rings. The molecule has 0 saturated carbocycles. The van der Waals surface area contributed by atoms with E-state index in [2.05, 4.69) is 17.2 Å². The van der Waals surface area contributed by atoms with Crippen LogP contribution < -0.4 is 16.4 Å². The molecule has 0 aromatic heterocycles. The smallest absolute Gasteiger partial charge is 0.243 e. The van der Waals surface area contributed by atoms with Crippen LogP contribution in [0.15, 0.2) is 12.8 Å². The van der Waals surface area contributed by atoms with E-state index in [-0.39, 0.29) is 12.2 Å². The molecule has 0 aliphatic carbocycles. The molecule has 0 radical (unpaired) electrons. The van der Waals surface area contributed by atoms with E-state index < -0.39 is 23.9 Å². The molecule has 0 unspecified atom stereocenters. The van der Waals surface area contributed by atoms with Crippen molar-refractivity contribution in [3.05, 3.63) is 12.8 Å². The summed E-state index contributed by atoms with van der Waals surface area (Å²) in [6, 6.07) is -1.57. The van der Waals surface area contributed by atoms with Crippen molar-refractivity contribution in [3.63, 3.8) is 0 Å². The van der Waals surface area contributed by atoms with Gasteiger partial charge in [0.15, 0.2) is 1.41 Å². The van der Waals surface area contributed by atoms with Crippen LogP contribution in [0.5, 0.6) is 0 Å². The van der Waals surface area contributed by atoms with E-state index in [0.29, 0.717) is 5.75 Å². The van der Waals surface area contributed by atoms with Gasteiger partial charge in [-0.25, -0.2) is 0 Å². The first-order valence-electron chi connectivity index (χ1n) is 5.83. The molecule has 2 amide bonds. The lowest BCUT2D eigenvalue weighted by atomic mass is 10.1. The number of rotatable bonds is 9. The van der Waals surface area contributed by atoms with E-state index in [1.165, 1.54) is 24.9 Å². The Morgan fingerprint density at radius 1 is 1.50 bits per heavy atom. The van der Waals surface area contributed by atoms with Crippen molar-refractivity contribution < 1.29 is 15.8 Å². The Labute approximate surface area is 112 Å². The molecule has 102 valence electrons. The fourth-order valence-corrected chi connectivity index (χ4v) is 1.85. The van der Waals surface area contributed by atoms with Gasteiger partial charge < -0.3 is 16.4 Å². The monoisotopic (exact) mass is 275 g/mol. The fraction of sp³-hybridized carbons (Fsp3) is 0.545. The summed E-state index contributed by atoms with van der Waals surface area (Å²) in [5.74, 6) is -0.876. The number of nitrogens with two attached hydrogens (primary N) is 1. The first-order chi connectivity index (χ1) is 8.96. The summed E-state index contributed by atoms with van der Waals surface area (Å²) in [4.78, 5) is 34.4. The lowest BCUT2D eigenvalue weighted by Gasteiger charge is -2.19. The number of hydrogen-bond donors (Lipinski definition) is 3. The first kappa shape index (κ1) is 14.6. The second-order valence-electron chi connectivity index (χ2n) is 3.71. The van der Waals surface area contributed by atoms with Crippen LogP contribution in [0.25, 0.3) is 0 Å². The minimum absolute atomic E-state index is 0.00628.